The van der Waals surface area contributed by atoms with Gasteiger partial charge in [-0.05, 0) is 38.0 Å². The molecule has 0 saturated heterocycles. The Morgan fingerprint density at radius 1 is 1.08 bits per heavy atom. The zero-order chi connectivity index (χ0) is 17.8. The molecule has 2 aromatic rings. The van der Waals surface area contributed by atoms with Crippen LogP contribution in [-0.2, 0) is 16.4 Å². The summed E-state index contributed by atoms with van der Waals surface area (Å²) in [5, 5.41) is 0. The Balaban J connectivity index is 2.16. The van der Waals surface area contributed by atoms with Crippen molar-refractivity contribution in [3.05, 3.63) is 77.9 Å². The van der Waals surface area contributed by atoms with Crippen LogP contribution in [0, 0.1) is 12.3 Å². The van der Waals surface area contributed by atoms with Crippen molar-refractivity contribution in [1.29, 1.82) is 0 Å². The van der Waals surface area contributed by atoms with Gasteiger partial charge in [-0.3, -0.25) is 0 Å². The summed E-state index contributed by atoms with van der Waals surface area (Å²) in [5.41, 5.74) is 2.80. The molecular weight excluding hydrogens is 318 g/mol. The van der Waals surface area contributed by atoms with Crippen molar-refractivity contribution in [1.82, 2.24) is 4.72 Å². The molecule has 0 heterocycles. The Bertz CT molecular complexity index is 795. The maximum absolute atomic E-state index is 12.5. The number of benzene rings is 2. The summed E-state index contributed by atoms with van der Waals surface area (Å²) in [6.07, 6.45) is 0.736. The van der Waals surface area contributed by atoms with E-state index in [2.05, 4.69) is 23.4 Å². The summed E-state index contributed by atoms with van der Waals surface area (Å²) in [6, 6.07) is 16.9. The molecule has 1 unspecified atom stereocenters. The lowest BCUT2D eigenvalue weighted by Crippen LogP contribution is -2.37. The van der Waals surface area contributed by atoms with E-state index in [0.29, 0.717) is 6.54 Å². The van der Waals surface area contributed by atoms with E-state index >= 15 is 0 Å². The summed E-state index contributed by atoms with van der Waals surface area (Å²) >= 11 is 0. The fraction of sp³-hybridized carbons (Fsp3) is 0.300. The number of sulfonamides is 1. The van der Waals surface area contributed by atoms with E-state index in [1.54, 1.807) is 24.3 Å². The molecule has 1 atom stereocenters. The highest BCUT2D eigenvalue weighted by molar-refractivity contribution is 7.89. The molecule has 2 rings (SSSR count). The lowest BCUT2D eigenvalue weighted by Gasteiger charge is -2.30. The van der Waals surface area contributed by atoms with Crippen LogP contribution in [0.4, 0.5) is 0 Å². The van der Waals surface area contributed by atoms with Gasteiger partial charge in [-0.2, -0.15) is 0 Å². The summed E-state index contributed by atoms with van der Waals surface area (Å²) in [5.74, 6) is 0. The summed E-state index contributed by atoms with van der Waals surface area (Å²) < 4.78 is 27.8. The third kappa shape index (κ3) is 4.56. The van der Waals surface area contributed by atoms with Gasteiger partial charge in [0.1, 0.15) is 0 Å². The zero-order valence-electron chi connectivity index (χ0n) is 14.5. The third-order valence-corrected chi connectivity index (χ3v) is 5.87. The van der Waals surface area contributed by atoms with Crippen LogP contribution in [-0.4, -0.2) is 15.0 Å². The number of nitrogens with one attached hydrogen (secondary N) is 1. The molecule has 0 spiro atoms. The highest BCUT2D eigenvalue weighted by Gasteiger charge is 2.28. The van der Waals surface area contributed by atoms with Gasteiger partial charge in [0.15, 0.2) is 0 Å². The molecule has 0 aliphatic heterocycles. The lowest BCUT2D eigenvalue weighted by atomic mass is 9.78. The van der Waals surface area contributed by atoms with E-state index in [1.165, 1.54) is 0 Å². The van der Waals surface area contributed by atoms with Gasteiger partial charge < -0.3 is 0 Å². The van der Waals surface area contributed by atoms with Crippen LogP contribution >= 0.6 is 0 Å². The average molecular weight is 343 g/mol. The maximum Gasteiger partial charge on any atom is 0.240 e. The van der Waals surface area contributed by atoms with E-state index in [-0.39, 0.29) is 10.3 Å². The van der Waals surface area contributed by atoms with E-state index in [1.807, 2.05) is 39.0 Å². The number of rotatable bonds is 7. The fourth-order valence-electron chi connectivity index (χ4n) is 2.47. The van der Waals surface area contributed by atoms with Crippen LogP contribution in [0.2, 0.25) is 0 Å². The summed E-state index contributed by atoms with van der Waals surface area (Å²) in [4.78, 5) is 0.289. The molecule has 1 N–H and O–H groups in total. The minimum absolute atomic E-state index is 0.289. The Morgan fingerprint density at radius 3 is 2.21 bits per heavy atom. The van der Waals surface area contributed by atoms with E-state index in [4.69, 9.17) is 0 Å². The van der Waals surface area contributed by atoms with Crippen molar-refractivity contribution < 1.29 is 8.42 Å². The normalized spacial score (nSPS) is 14.1. The molecule has 0 fully saturated rings. The molecule has 0 amide bonds. The van der Waals surface area contributed by atoms with Crippen LogP contribution in [0.3, 0.4) is 0 Å². The monoisotopic (exact) mass is 343 g/mol. The van der Waals surface area contributed by atoms with Crippen molar-refractivity contribution in [2.75, 3.05) is 6.54 Å². The molecule has 0 saturated carbocycles. The van der Waals surface area contributed by atoms with Gasteiger partial charge >= 0.3 is 0 Å². The number of hydrogen-bond acceptors (Lipinski definition) is 2. The summed E-state index contributed by atoms with van der Waals surface area (Å²) in [7, 11) is -3.53. The predicted molar refractivity (Wildman–Crippen MR) is 99.4 cm³/mol. The standard InChI is InChI=1S/C20H25NO2S/c1-16(2)20(4,14-18-8-6-5-7-9-18)15-21-24(22,23)19-12-10-17(3)11-13-19/h5-13,21H,1,14-15H2,2-4H3. The zero-order valence-corrected chi connectivity index (χ0v) is 15.4. The second-order valence-corrected chi connectivity index (χ2v) is 8.41. The third-order valence-electron chi connectivity index (χ3n) is 4.45. The van der Waals surface area contributed by atoms with Gasteiger partial charge in [-0.25, -0.2) is 13.1 Å². The van der Waals surface area contributed by atoms with Crippen LogP contribution in [0.25, 0.3) is 0 Å². The fourth-order valence-corrected chi connectivity index (χ4v) is 3.64. The van der Waals surface area contributed by atoms with Crippen LogP contribution in [0.15, 0.2) is 71.6 Å². The predicted octanol–water partition coefficient (Wildman–Crippen LogP) is 4.10. The minimum Gasteiger partial charge on any atom is -0.210 e. The quantitative estimate of drug-likeness (QED) is 0.769. The second kappa shape index (κ2) is 7.32. The molecule has 0 aliphatic carbocycles. The Kier molecular flexibility index (Phi) is 5.62. The van der Waals surface area contributed by atoms with E-state index in [9.17, 15) is 8.42 Å². The van der Waals surface area contributed by atoms with Crippen LogP contribution in [0.1, 0.15) is 25.0 Å². The topological polar surface area (TPSA) is 46.2 Å². The maximum atomic E-state index is 12.5. The first-order valence-electron chi connectivity index (χ1n) is 7.99. The molecular formula is C20H25NO2S. The molecule has 3 nitrogen and oxygen atoms in total. The SMILES string of the molecule is C=C(C)C(C)(CNS(=O)(=O)c1ccc(C)cc1)Cc1ccccc1. The first-order valence-corrected chi connectivity index (χ1v) is 9.47. The van der Waals surface area contributed by atoms with Crippen molar-refractivity contribution in [3.63, 3.8) is 0 Å². The lowest BCUT2D eigenvalue weighted by molar-refractivity contribution is 0.391. The first kappa shape index (κ1) is 18.4. The Morgan fingerprint density at radius 2 is 1.67 bits per heavy atom. The van der Waals surface area contributed by atoms with Crippen molar-refractivity contribution >= 4 is 10.0 Å². The van der Waals surface area contributed by atoms with Gasteiger partial charge in [0.25, 0.3) is 0 Å². The molecule has 24 heavy (non-hydrogen) atoms. The Hall–Kier alpha value is -1.91. The van der Waals surface area contributed by atoms with Crippen molar-refractivity contribution in [2.24, 2.45) is 5.41 Å². The van der Waals surface area contributed by atoms with Crippen molar-refractivity contribution in [3.8, 4) is 0 Å². The highest BCUT2D eigenvalue weighted by Crippen LogP contribution is 2.30. The summed E-state index contributed by atoms with van der Waals surface area (Å²) in [6.45, 7) is 10.3. The molecule has 0 radical (unpaired) electrons. The van der Waals surface area contributed by atoms with Gasteiger partial charge in [0.05, 0.1) is 4.90 Å². The molecule has 2 aromatic carbocycles. The van der Waals surface area contributed by atoms with Gasteiger partial charge in [0, 0.05) is 12.0 Å². The van der Waals surface area contributed by atoms with Crippen LogP contribution in [0.5, 0.6) is 0 Å². The molecule has 4 heteroatoms. The average Bonchev–Trinajstić information content (AvgIpc) is 2.54. The first-order chi connectivity index (χ1) is 11.2. The number of aryl methyl sites for hydroxylation is 1. The molecule has 0 bridgehead atoms. The van der Waals surface area contributed by atoms with Gasteiger partial charge in [-0.15, -0.1) is 0 Å². The minimum atomic E-state index is -3.53. The highest BCUT2D eigenvalue weighted by atomic mass is 32.2. The van der Waals surface area contributed by atoms with Gasteiger partial charge in [-0.1, -0.05) is 67.1 Å². The van der Waals surface area contributed by atoms with Crippen LogP contribution < -0.4 is 4.72 Å². The molecule has 128 valence electrons. The van der Waals surface area contributed by atoms with Gasteiger partial charge in [0.2, 0.25) is 10.0 Å². The van der Waals surface area contributed by atoms with E-state index in [0.717, 1.165) is 23.1 Å². The molecule has 0 aromatic heterocycles. The Labute approximate surface area is 145 Å². The van der Waals surface area contributed by atoms with Crippen molar-refractivity contribution in [2.45, 2.75) is 32.1 Å². The van der Waals surface area contributed by atoms with E-state index < -0.39 is 10.0 Å². The molecule has 0 aliphatic rings. The second-order valence-electron chi connectivity index (χ2n) is 6.64. The number of hydrogen-bond donors (Lipinski definition) is 1. The smallest absolute Gasteiger partial charge is 0.210 e. The largest absolute Gasteiger partial charge is 0.240 e.